The van der Waals surface area contributed by atoms with Crippen LogP contribution in [-0.4, -0.2) is 17.8 Å². The Morgan fingerprint density at radius 1 is 1.50 bits per heavy atom. The average Bonchev–Trinajstić information content (AvgIpc) is 2.26. The third-order valence-electron chi connectivity index (χ3n) is 1.97. The van der Waals surface area contributed by atoms with Crippen molar-refractivity contribution in [1.29, 1.82) is 0 Å². The Labute approximate surface area is 90.1 Å². The number of benzene rings is 1. The Morgan fingerprint density at radius 3 is 2.50 bits per heavy atom. The van der Waals surface area contributed by atoms with Crippen LogP contribution in [0.15, 0.2) is 17.3 Å². The molecule has 16 heavy (non-hydrogen) atoms. The number of nitroso groups, excluding NO2 is 1. The van der Waals surface area contributed by atoms with Crippen molar-refractivity contribution in [3.8, 4) is 5.75 Å². The summed E-state index contributed by atoms with van der Waals surface area (Å²) in [6, 6.07) is 2.06. The van der Waals surface area contributed by atoms with Gasteiger partial charge in [-0.25, -0.2) is 0 Å². The third-order valence-corrected chi connectivity index (χ3v) is 1.97. The largest absolute Gasteiger partial charge is 0.494 e. The minimum Gasteiger partial charge on any atom is -0.494 e. The molecule has 0 bridgehead atoms. The average molecular weight is 224 g/mol. The molecule has 0 aliphatic heterocycles. The van der Waals surface area contributed by atoms with Crippen LogP contribution in [0.5, 0.6) is 5.75 Å². The summed E-state index contributed by atoms with van der Waals surface area (Å²) >= 11 is 0. The van der Waals surface area contributed by atoms with E-state index in [1.54, 1.807) is 0 Å². The van der Waals surface area contributed by atoms with E-state index in [1.807, 2.05) is 0 Å². The highest BCUT2D eigenvalue weighted by atomic mass is 16.6. The van der Waals surface area contributed by atoms with Gasteiger partial charge in [0, 0.05) is 12.1 Å². The summed E-state index contributed by atoms with van der Waals surface area (Å²) in [5.74, 6) is -0.451. The molecule has 0 N–H and O–H groups in total. The Hall–Kier alpha value is -2.31. The van der Waals surface area contributed by atoms with Crippen LogP contribution in [0.2, 0.25) is 0 Å². The molecular formula is C9H8N2O5. The lowest BCUT2D eigenvalue weighted by atomic mass is 10.1. The second-order valence-corrected chi connectivity index (χ2v) is 2.95. The lowest BCUT2D eigenvalue weighted by molar-refractivity contribution is -0.385. The van der Waals surface area contributed by atoms with Crippen molar-refractivity contribution in [2.75, 3.05) is 7.11 Å². The van der Waals surface area contributed by atoms with Gasteiger partial charge in [0.25, 0.3) is 5.69 Å². The van der Waals surface area contributed by atoms with E-state index in [-0.39, 0.29) is 17.0 Å². The number of nitro benzene ring substituents is 1. The van der Waals surface area contributed by atoms with Gasteiger partial charge >= 0.3 is 0 Å². The Morgan fingerprint density at radius 2 is 2.12 bits per heavy atom. The molecule has 1 rings (SSSR count). The molecular weight excluding hydrogens is 216 g/mol. The number of nitro groups is 1. The van der Waals surface area contributed by atoms with E-state index in [1.165, 1.54) is 14.0 Å². The normalized spacial score (nSPS) is 9.62. The minimum absolute atomic E-state index is 0.0331. The molecule has 1 aromatic carbocycles. The molecule has 0 aliphatic rings. The van der Waals surface area contributed by atoms with Gasteiger partial charge in [-0.15, -0.1) is 4.91 Å². The van der Waals surface area contributed by atoms with Crippen molar-refractivity contribution < 1.29 is 14.5 Å². The van der Waals surface area contributed by atoms with Gasteiger partial charge in [0.2, 0.25) is 0 Å². The monoisotopic (exact) mass is 224 g/mol. The second-order valence-electron chi connectivity index (χ2n) is 2.95. The summed E-state index contributed by atoms with van der Waals surface area (Å²) in [5.41, 5.74) is -0.781. The number of Topliss-reactive ketones (excluding diaryl/α,β-unsaturated/α-hetero) is 1. The number of carbonyl (C=O) groups is 1. The summed E-state index contributed by atoms with van der Waals surface area (Å²) < 4.78 is 4.79. The predicted molar refractivity (Wildman–Crippen MR) is 55.1 cm³/mol. The van der Waals surface area contributed by atoms with Crippen LogP contribution in [-0.2, 0) is 0 Å². The molecule has 0 amide bonds. The van der Waals surface area contributed by atoms with Gasteiger partial charge < -0.3 is 4.74 Å². The van der Waals surface area contributed by atoms with Crippen LogP contribution in [0.3, 0.4) is 0 Å². The first-order valence-corrected chi connectivity index (χ1v) is 4.22. The van der Waals surface area contributed by atoms with E-state index >= 15 is 0 Å². The second kappa shape index (κ2) is 4.47. The molecule has 0 atom stereocenters. The highest BCUT2D eigenvalue weighted by Gasteiger charge is 2.21. The number of carbonyl (C=O) groups excluding carboxylic acids is 1. The number of methoxy groups -OCH3 is 1. The molecule has 84 valence electrons. The van der Waals surface area contributed by atoms with E-state index in [9.17, 15) is 19.8 Å². The fourth-order valence-electron chi connectivity index (χ4n) is 1.23. The molecule has 0 aliphatic carbocycles. The first-order chi connectivity index (χ1) is 7.51. The van der Waals surface area contributed by atoms with E-state index < -0.39 is 16.4 Å². The maximum Gasteiger partial charge on any atom is 0.282 e. The third kappa shape index (κ3) is 2.02. The number of ether oxygens (including phenoxy) is 1. The highest BCUT2D eigenvalue weighted by Crippen LogP contribution is 2.34. The molecule has 0 saturated heterocycles. The summed E-state index contributed by atoms with van der Waals surface area (Å²) in [7, 11) is 1.28. The first-order valence-electron chi connectivity index (χ1n) is 4.22. The minimum atomic E-state index is -0.745. The zero-order chi connectivity index (χ0) is 12.3. The Balaban J connectivity index is 3.53. The Bertz CT molecular complexity index is 469. The Kier molecular flexibility index (Phi) is 3.29. The van der Waals surface area contributed by atoms with E-state index in [4.69, 9.17) is 4.74 Å². The van der Waals surface area contributed by atoms with Crippen LogP contribution in [0, 0.1) is 15.0 Å². The van der Waals surface area contributed by atoms with Crippen LogP contribution in [0.25, 0.3) is 0 Å². The number of hydrogen-bond donors (Lipinski definition) is 0. The van der Waals surface area contributed by atoms with Gasteiger partial charge in [-0.2, -0.15) is 0 Å². The van der Waals surface area contributed by atoms with Crippen molar-refractivity contribution in [3.05, 3.63) is 32.7 Å². The molecule has 0 spiro atoms. The zero-order valence-electron chi connectivity index (χ0n) is 8.59. The summed E-state index contributed by atoms with van der Waals surface area (Å²) in [4.78, 5) is 31.5. The summed E-state index contributed by atoms with van der Waals surface area (Å²) in [5, 5.41) is 13.3. The fourth-order valence-corrected chi connectivity index (χ4v) is 1.23. The molecule has 0 radical (unpaired) electrons. The molecule has 0 aromatic heterocycles. The molecule has 7 nitrogen and oxygen atoms in total. The van der Waals surface area contributed by atoms with Crippen molar-refractivity contribution in [1.82, 2.24) is 0 Å². The number of ketones is 1. The number of hydrogen-bond acceptors (Lipinski definition) is 6. The van der Waals surface area contributed by atoms with Crippen molar-refractivity contribution in [3.63, 3.8) is 0 Å². The maximum atomic E-state index is 11.2. The van der Waals surface area contributed by atoms with Gasteiger partial charge in [0.15, 0.2) is 11.5 Å². The van der Waals surface area contributed by atoms with E-state index in [0.29, 0.717) is 0 Å². The SMILES string of the molecule is COc1cc(C(C)=O)c([N+](=O)[O-])cc1N=O. The van der Waals surface area contributed by atoms with Gasteiger partial charge in [0.1, 0.15) is 5.75 Å². The highest BCUT2D eigenvalue weighted by molar-refractivity contribution is 5.99. The van der Waals surface area contributed by atoms with Gasteiger partial charge in [-0.05, 0) is 12.1 Å². The van der Waals surface area contributed by atoms with Gasteiger partial charge in [0.05, 0.1) is 17.6 Å². The van der Waals surface area contributed by atoms with E-state index in [2.05, 4.69) is 5.18 Å². The molecule has 1 aromatic rings. The number of nitrogens with zero attached hydrogens (tertiary/aromatic N) is 2. The lowest BCUT2D eigenvalue weighted by Crippen LogP contribution is -2.01. The fraction of sp³-hybridized carbons (Fsp3) is 0.222. The molecule has 0 unspecified atom stereocenters. The topological polar surface area (TPSA) is 98.9 Å². The van der Waals surface area contributed by atoms with Gasteiger partial charge in [-0.3, -0.25) is 14.9 Å². The van der Waals surface area contributed by atoms with Crippen molar-refractivity contribution >= 4 is 17.2 Å². The quantitative estimate of drug-likeness (QED) is 0.338. The smallest absolute Gasteiger partial charge is 0.282 e. The summed E-state index contributed by atoms with van der Waals surface area (Å²) in [6.07, 6.45) is 0. The molecule has 0 heterocycles. The number of rotatable bonds is 4. The van der Waals surface area contributed by atoms with Crippen molar-refractivity contribution in [2.45, 2.75) is 6.92 Å². The molecule has 0 fully saturated rings. The molecule has 7 heteroatoms. The van der Waals surface area contributed by atoms with Crippen molar-refractivity contribution in [2.24, 2.45) is 5.18 Å². The standard InChI is InChI=1S/C9H8N2O5/c1-5(12)6-3-9(16-2)7(10-13)4-8(6)11(14)15/h3-4H,1-2H3. The first kappa shape index (κ1) is 11.8. The lowest BCUT2D eigenvalue weighted by Gasteiger charge is -2.04. The summed E-state index contributed by atoms with van der Waals surface area (Å²) in [6.45, 7) is 1.19. The molecule has 0 saturated carbocycles. The predicted octanol–water partition coefficient (Wildman–Crippen LogP) is 2.20. The van der Waals surface area contributed by atoms with Crippen LogP contribution < -0.4 is 4.74 Å². The van der Waals surface area contributed by atoms with Crippen LogP contribution in [0.4, 0.5) is 11.4 Å². The van der Waals surface area contributed by atoms with Crippen LogP contribution in [0.1, 0.15) is 17.3 Å². The van der Waals surface area contributed by atoms with E-state index in [0.717, 1.165) is 12.1 Å². The van der Waals surface area contributed by atoms with Crippen LogP contribution >= 0.6 is 0 Å². The zero-order valence-corrected chi connectivity index (χ0v) is 8.59. The van der Waals surface area contributed by atoms with Gasteiger partial charge in [-0.1, -0.05) is 0 Å². The maximum absolute atomic E-state index is 11.2.